The van der Waals surface area contributed by atoms with Gasteiger partial charge in [-0.15, -0.1) is 0 Å². The van der Waals surface area contributed by atoms with Gasteiger partial charge in [0, 0.05) is 28.4 Å². The van der Waals surface area contributed by atoms with Gasteiger partial charge >= 0.3 is 49.7 Å². The normalized spacial score (nSPS) is 23.1. The summed E-state index contributed by atoms with van der Waals surface area (Å²) in [4.78, 5) is 21.9. The van der Waals surface area contributed by atoms with Crippen LogP contribution in [-0.4, -0.2) is 18.2 Å². The van der Waals surface area contributed by atoms with E-state index >= 15 is 0 Å². The third-order valence-corrected chi connectivity index (χ3v) is 2.74. The molecule has 0 saturated heterocycles. The molecule has 3 nitrogen and oxygen atoms in total. The SMILES string of the molecule is [3H][C@@H]1CC[C@H](C[CH2-])C1C(=O)[C@H]([CH2-])N[C-]=O.[CH3-].[CH3-].[CH3-].[CH3-].[U+2].[V+2].[W]. The summed E-state index contributed by atoms with van der Waals surface area (Å²) in [6.45, 7) is 7.33. The number of Topliss-reactive ketones (excluding diaryl/α,β-unsaturated/α-hetero) is 1. The molecule has 1 radical (unpaired) electrons. The van der Waals surface area contributed by atoms with Crippen LogP contribution in [0.3, 0.4) is 0 Å². The van der Waals surface area contributed by atoms with Gasteiger partial charge < -0.3 is 58.5 Å². The molecule has 123 valence electrons. The van der Waals surface area contributed by atoms with E-state index in [0.29, 0.717) is 6.42 Å². The minimum Gasteiger partial charge on any atom is -0.546 e. The molecule has 4 atom stereocenters. The summed E-state index contributed by atoms with van der Waals surface area (Å²) >= 11 is 0. The molecule has 21 heavy (non-hydrogen) atoms. The molecule has 0 aromatic rings. The topological polar surface area (TPSA) is 46.2 Å². The molecule has 1 N–H and O–H groups in total. The maximum absolute atomic E-state index is 11.9. The van der Waals surface area contributed by atoms with Gasteiger partial charge in [-0.3, -0.25) is 0 Å². The Bertz CT molecular complexity index is 264. The molecule has 1 amide bonds. The van der Waals surface area contributed by atoms with E-state index in [9.17, 15) is 9.59 Å². The number of carbonyl (C=O) groups is 1. The van der Waals surface area contributed by atoms with Crippen LogP contribution in [0.2, 0.25) is 0 Å². The zero-order valence-corrected chi connectivity index (χ0v) is 22.0. The van der Waals surface area contributed by atoms with E-state index in [1.807, 2.05) is 0 Å². The van der Waals surface area contributed by atoms with Crippen LogP contribution >= 0.6 is 0 Å². The molecule has 1 saturated carbocycles. The van der Waals surface area contributed by atoms with E-state index < -0.39 is 6.04 Å². The van der Waals surface area contributed by atoms with Crippen molar-refractivity contribution >= 4 is 12.2 Å². The van der Waals surface area contributed by atoms with E-state index in [4.69, 9.17) is 1.37 Å². The Morgan fingerprint density at radius 3 is 2.24 bits per heavy atom. The molecular weight excluding hydrogens is 699 g/mol. The van der Waals surface area contributed by atoms with Crippen LogP contribution in [0.1, 0.15) is 27.0 Å². The average molecular weight is 729 g/mol. The van der Waals surface area contributed by atoms with Gasteiger partial charge in [-0.2, -0.15) is 12.8 Å². The summed E-state index contributed by atoms with van der Waals surface area (Å²) in [6, 6.07) is -0.785. The van der Waals surface area contributed by atoms with Crippen LogP contribution in [0.4, 0.5) is 0 Å². The zero-order chi connectivity index (χ0) is 11.4. The number of amides is 1. The molecule has 0 aliphatic heterocycles. The Hall–Kier alpha value is 1.46. The fourth-order valence-corrected chi connectivity index (χ4v) is 1.91. The molecule has 0 heterocycles. The summed E-state index contributed by atoms with van der Waals surface area (Å²) in [5.41, 5.74) is 0. The third kappa shape index (κ3) is 13.6. The number of hydrogen-bond donors (Lipinski definition) is 1. The number of ketones is 1. The largest absolute Gasteiger partial charge is 2.00 e. The van der Waals surface area contributed by atoms with E-state index in [-0.39, 0.29) is 124 Å². The van der Waals surface area contributed by atoms with Crippen molar-refractivity contribution in [3.63, 3.8) is 0 Å². The van der Waals surface area contributed by atoms with Crippen LogP contribution in [0.25, 0.3) is 0 Å². The molecule has 6 heteroatoms. The molecule has 0 aromatic carbocycles. The Labute approximate surface area is 184 Å². The minimum absolute atomic E-state index is 0. The molecular formula is C15H28NO2UVW-3. The standard InChI is InChI=1S/C11H16NO2.4CH3.U.V.W/c1-3-9-5-4-6-10(9)11(14)8(2)12-7-13;;;;;;;/h8-10H,1-6H2,(H,12,13);4*1H3;;;/q-3;4*-1;2*+2;/t8-,9-,10?;;;;;;;/m0......./s1/i6T;;;;;;;/t6-,8+,9+,10?;;;;;;;/m1........ The predicted octanol–water partition coefficient (Wildman–Crippen LogP) is 2.85. The maximum Gasteiger partial charge on any atom is 2.00 e. The Kier molecular flexibility index (Phi) is 43.1. The van der Waals surface area contributed by atoms with Gasteiger partial charge in [0.05, 0.1) is 0 Å². The fraction of sp³-hybridized carbons (Fsp3) is 0.467. The molecule has 1 unspecified atom stereocenters. The van der Waals surface area contributed by atoms with E-state index in [1.165, 1.54) is 6.41 Å². The smallest absolute Gasteiger partial charge is 0.546 e. The van der Waals surface area contributed by atoms with Gasteiger partial charge in [0.1, 0.15) is 5.78 Å². The molecule has 1 aliphatic rings. The van der Waals surface area contributed by atoms with Crippen molar-refractivity contribution in [2.75, 3.05) is 0 Å². The van der Waals surface area contributed by atoms with Gasteiger partial charge in [-0.25, -0.2) is 0 Å². The van der Waals surface area contributed by atoms with E-state index in [1.54, 1.807) is 0 Å². The van der Waals surface area contributed by atoms with Crippen LogP contribution in [0.15, 0.2) is 0 Å². The first-order chi connectivity index (χ1) is 7.11. The first-order valence-electron chi connectivity index (χ1n) is 5.40. The fourth-order valence-electron chi connectivity index (χ4n) is 1.91. The van der Waals surface area contributed by atoms with Crippen LogP contribution in [0, 0.1) is 86.5 Å². The van der Waals surface area contributed by atoms with Gasteiger partial charge in [0.2, 0.25) is 0 Å². The van der Waals surface area contributed by atoms with Crippen molar-refractivity contribution in [3.05, 3.63) is 43.6 Å². The summed E-state index contributed by atoms with van der Waals surface area (Å²) in [5.74, 6) is -0.326. The summed E-state index contributed by atoms with van der Waals surface area (Å²) in [5, 5.41) is 2.22. The van der Waals surface area contributed by atoms with Gasteiger partial charge in [0.15, 0.2) is 0 Å². The second-order valence-electron chi connectivity index (χ2n) is 3.59. The van der Waals surface area contributed by atoms with Crippen molar-refractivity contribution in [3.8, 4) is 0 Å². The molecule has 1 fully saturated rings. The summed E-state index contributed by atoms with van der Waals surface area (Å²) in [6.07, 6.45) is 3.34. The van der Waals surface area contributed by atoms with Gasteiger partial charge in [-0.05, 0) is 6.40 Å². The van der Waals surface area contributed by atoms with Crippen molar-refractivity contribution in [1.82, 2.24) is 5.32 Å². The first kappa shape index (κ1) is 38.2. The molecule has 0 spiro atoms. The average Bonchev–Trinajstić information content (AvgIpc) is 2.58. The molecule has 0 aromatic heterocycles. The number of rotatable bonds is 5. The van der Waals surface area contributed by atoms with Crippen molar-refractivity contribution in [1.29, 1.82) is 0 Å². The van der Waals surface area contributed by atoms with Crippen LogP contribution < -0.4 is 5.32 Å². The number of nitrogens with one attached hydrogen (secondary N) is 1. The third-order valence-electron chi connectivity index (χ3n) is 2.74. The maximum atomic E-state index is 11.9. The number of hydrogen-bond acceptors (Lipinski definition) is 2. The second kappa shape index (κ2) is 23.7. The second-order valence-corrected chi connectivity index (χ2v) is 3.59. The summed E-state index contributed by atoms with van der Waals surface area (Å²) in [7, 11) is 0. The molecule has 1 aliphatic carbocycles. The Balaban J connectivity index is -0.0000000643. The van der Waals surface area contributed by atoms with E-state index in [2.05, 4.69) is 19.2 Å². The van der Waals surface area contributed by atoms with Crippen LogP contribution in [-0.2, 0) is 49.2 Å². The van der Waals surface area contributed by atoms with Crippen molar-refractivity contribution in [2.45, 2.75) is 31.7 Å². The van der Waals surface area contributed by atoms with Gasteiger partial charge in [0.25, 0.3) is 0 Å². The zero-order valence-electron chi connectivity index (χ0n) is 14.5. The van der Waals surface area contributed by atoms with E-state index in [0.717, 1.165) is 12.8 Å². The predicted molar refractivity (Wildman–Crippen MR) is 79.4 cm³/mol. The molecule has 1 rings (SSSR count). The number of carbonyl (C=O) groups excluding carboxylic acids is 2. The van der Waals surface area contributed by atoms with Crippen molar-refractivity contribution in [2.24, 2.45) is 11.8 Å². The molecule has 0 bridgehead atoms. The Morgan fingerprint density at radius 1 is 1.38 bits per heavy atom. The first-order valence-corrected chi connectivity index (χ1v) is 4.82. The van der Waals surface area contributed by atoms with Crippen LogP contribution in [0.5, 0.6) is 0 Å². The van der Waals surface area contributed by atoms with Gasteiger partial charge in [-0.1, -0.05) is 24.8 Å². The monoisotopic (exact) mass is 729 g/mol. The quantitative estimate of drug-likeness (QED) is 0.350. The Morgan fingerprint density at radius 2 is 1.86 bits per heavy atom. The minimum atomic E-state index is -0.785. The van der Waals surface area contributed by atoms with Crippen molar-refractivity contribution < 1.29 is 81.7 Å². The summed E-state index contributed by atoms with van der Waals surface area (Å²) < 4.78 is 7.78.